The van der Waals surface area contributed by atoms with Gasteiger partial charge in [-0.1, -0.05) is 22.0 Å². The van der Waals surface area contributed by atoms with Crippen molar-refractivity contribution in [1.82, 2.24) is 4.90 Å². The number of benzene rings is 1. The Labute approximate surface area is 117 Å². The predicted molar refractivity (Wildman–Crippen MR) is 68.6 cm³/mol. The van der Waals surface area contributed by atoms with E-state index in [4.69, 9.17) is 0 Å². The van der Waals surface area contributed by atoms with Crippen LogP contribution in [0.15, 0.2) is 18.2 Å². The van der Waals surface area contributed by atoms with E-state index in [1.807, 2.05) is 0 Å². The summed E-state index contributed by atoms with van der Waals surface area (Å²) in [6.45, 7) is 0.114. The highest BCUT2D eigenvalue weighted by Crippen LogP contribution is 2.23. The quantitative estimate of drug-likeness (QED) is 0.856. The first-order valence-corrected chi connectivity index (χ1v) is 6.59. The van der Waals surface area contributed by atoms with Gasteiger partial charge in [0.25, 0.3) is 5.91 Å². The number of aromatic hydroxyl groups is 1. The van der Waals surface area contributed by atoms with Gasteiger partial charge in [0, 0.05) is 23.0 Å². The fourth-order valence-corrected chi connectivity index (χ4v) is 2.02. The predicted octanol–water partition coefficient (Wildman–Crippen LogP) is 3.10. The monoisotopic (exact) mass is 339 g/mol. The second kappa shape index (κ2) is 6.27. The Kier molecular flexibility index (Phi) is 5.22. The molecule has 3 nitrogen and oxygen atoms in total. The molecule has 0 atom stereocenters. The largest absolute Gasteiger partial charge is 0.508 e. The third-order valence-electron chi connectivity index (χ3n) is 2.55. The maximum atomic E-state index is 12.4. The summed E-state index contributed by atoms with van der Waals surface area (Å²) >= 11 is 3.02. The van der Waals surface area contributed by atoms with Gasteiger partial charge in [-0.25, -0.2) is 0 Å². The molecular weight excluding hydrogens is 327 g/mol. The van der Waals surface area contributed by atoms with Gasteiger partial charge in [0.1, 0.15) is 12.3 Å². The third kappa shape index (κ3) is 4.41. The van der Waals surface area contributed by atoms with Crippen molar-refractivity contribution in [3.8, 4) is 5.75 Å². The van der Waals surface area contributed by atoms with Crippen LogP contribution in [-0.4, -0.2) is 40.5 Å². The van der Waals surface area contributed by atoms with Crippen LogP contribution in [0.2, 0.25) is 0 Å². The van der Waals surface area contributed by atoms with E-state index in [1.54, 1.807) is 0 Å². The first kappa shape index (κ1) is 15.8. The summed E-state index contributed by atoms with van der Waals surface area (Å²) in [7, 11) is 0. The normalized spacial score (nSPS) is 11.4. The molecule has 1 amide bonds. The van der Waals surface area contributed by atoms with Gasteiger partial charge in [-0.15, -0.1) is 0 Å². The molecule has 1 aromatic carbocycles. The van der Waals surface area contributed by atoms with E-state index in [1.165, 1.54) is 25.1 Å². The van der Waals surface area contributed by atoms with Crippen molar-refractivity contribution in [2.75, 3.05) is 18.4 Å². The SMILES string of the molecule is Cc1c(O)cccc1C(=O)N(CCBr)CC(F)(F)F. The molecule has 0 saturated heterocycles. The number of phenolic OH excluding ortho intramolecular Hbond substituents is 1. The van der Waals surface area contributed by atoms with Crippen LogP contribution in [0.5, 0.6) is 5.75 Å². The van der Waals surface area contributed by atoms with Gasteiger partial charge in [0.2, 0.25) is 0 Å². The number of amides is 1. The number of rotatable bonds is 4. The van der Waals surface area contributed by atoms with Crippen LogP contribution in [0, 0.1) is 6.92 Å². The smallest absolute Gasteiger partial charge is 0.406 e. The minimum Gasteiger partial charge on any atom is -0.508 e. The Morgan fingerprint density at radius 1 is 1.42 bits per heavy atom. The summed E-state index contributed by atoms with van der Waals surface area (Å²) in [6.07, 6.45) is -4.46. The summed E-state index contributed by atoms with van der Waals surface area (Å²) in [5, 5.41) is 9.73. The average Bonchev–Trinajstić information content (AvgIpc) is 2.30. The zero-order chi connectivity index (χ0) is 14.6. The molecule has 0 fully saturated rings. The molecule has 0 bridgehead atoms. The molecule has 7 heteroatoms. The molecule has 19 heavy (non-hydrogen) atoms. The topological polar surface area (TPSA) is 40.5 Å². The standard InChI is InChI=1S/C12H13BrF3NO2/c1-8-9(3-2-4-10(8)18)11(19)17(6-5-13)7-12(14,15)16/h2-4,18H,5-7H2,1H3. The number of halogens is 4. The van der Waals surface area contributed by atoms with E-state index in [2.05, 4.69) is 15.9 Å². The van der Waals surface area contributed by atoms with E-state index in [0.717, 1.165) is 0 Å². The van der Waals surface area contributed by atoms with Crippen LogP contribution in [-0.2, 0) is 0 Å². The van der Waals surface area contributed by atoms with Gasteiger partial charge in [0.15, 0.2) is 0 Å². The van der Waals surface area contributed by atoms with Crippen LogP contribution < -0.4 is 0 Å². The molecule has 1 N–H and O–H groups in total. The zero-order valence-electron chi connectivity index (χ0n) is 10.2. The lowest BCUT2D eigenvalue weighted by molar-refractivity contribution is -0.140. The van der Waals surface area contributed by atoms with E-state index in [0.29, 0.717) is 4.90 Å². The van der Waals surface area contributed by atoms with Gasteiger partial charge in [-0.05, 0) is 19.1 Å². The van der Waals surface area contributed by atoms with Crippen LogP contribution >= 0.6 is 15.9 Å². The second-order valence-corrected chi connectivity index (χ2v) is 4.77. The Hall–Kier alpha value is -1.24. The van der Waals surface area contributed by atoms with Gasteiger partial charge < -0.3 is 10.0 Å². The molecule has 1 aromatic rings. The minimum atomic E-state index is -4.46. The number of alkyl halides is 4. The highest BCUT2D eigenvalue weighted by Gasteiger charge is 2.33. The second-order valence-electron chi connectivity index (χ2n) is 3.98. The average molecular weight is 340 g/mol. The van der Waals surface area contributed by atoms with Gasteiger partial charge in [0.05, 0.1) is 0 Å². The van der Waals surface area contributed by atoms with Crippen LogP contribution in [0.25, 0.3) is 0 Å². The molecule has 0 aliphatic rings. The molecular formula is C12H13BrF3NO2. The number of carbonyl (C=O) groups is 1. The number of phenols is 1. The lowest BCUT2D eigenvalue weighted by Crippen LogP contribution is -2.40. The summed E-state index contributed by atoms with van der Waals surface area (Å²) in [5.41, 5.74) is 0.347. The van der Waals surface area contributed by atoms with E-state index in [9.17, 15) is 23.1 Å². The minimum absolute atomic E-state index is 0.0621. The van der Waals surface area contributed by atoms with Crippen molar-refractivity contribution < 1.29 is 23.1 Å². The molecule has 0 aliphatic heterocycles. The van der Waals surface area contributed by atoms with Crippen LogP contribution in [0.1, 0.15) is 15.9 Å². The molecule has 1 rings (SSSR count). The highest BCUT2D eigenvalue weighted by atomic mass is 79.9. The van der Waals surface area contributed by atoms with E-state index in [-0.39, 0.29) is 28.8 Å². The summed E-state index contributed by atoms with van der Waals surface area (Å²) < 4.78 is 37.3. The maximum absolute atomic E-state index is 12.4. The fourth-order valence-electron chi connectivity index (χ4n) is 1.60. The molecule has 0 aliphatic carbocycles. The fraction of sp³-hybridized carbons (Fsp3) is 0.417. The summed E-state index contributed by atoms with van der Waals surface area (Å²) in [6, 6.07) is 4.20. The Bertz CT molecular complexity index is 463. The maximum Gasteiger partial charge on any atom is 0.406 e. The molecule has 0 heterocycles. The summed E-state index contributed by atoms with van der Waals surface area (Å²) in [4.78, 5) is 12.8. The first-order chi connectivity index (χ1) is 8.76. The summed E-state index contributed by atoms with van der Waals surface area (Å²) in [5.74, 6) is -0.859. The molecule has 0 spiro atoms. The Morgan fingerprint density at radius 3 is 2.58 bits per heavy atom. The number of carbonyl (C=O) groups excluding carboxylic acids is 1. The molecule has 0 radical (unpaired) electrons. The van der Waals surface area contributed by atoms with Crippen LogP contribution in [0.4, 0.5) is 13.2 Å². The lowest BCUT2D eigenvalue weighted by Gasteiger charge is -2.24. The van der Waals surface area contributed by atoms with Crippen molar-refractivity contribution >= 4 is 21.8 Å². The molecule has 0 saturated carbocycles. The van der Waals surface area contributed by atoms with Crippen LogP contribution in [0.3, 0.4) is 0 Å². The molecule has 0 unspecified atom stereocenters. The van der Waals surface area contributed by atoms with Crippen molar-refractivity contribution in [3.63, 3.8) is 0 Å². The van der Waals surface area contributed by atoms with E-state index < -0.39 is 18.6 Å². The molecule has 0 aromatic heterocycles. The van der Waals surface area contributed by atoms with Crippen molar-refractivity contribution in [3.05, 3.63) is 29.3 Å². The van der Waals surface area contributed by atoms with Gasteiger partial charge in [-0.2, -0.15) is 13.2 Å². The number of nitrogens with zero attached hydrogens (tertiary/aromatic N) is 1. The van der Waals surface area contributed by atoms with Crippen molar-refractivity contribution in [1.29, 1.82) is 0 Å². The van der Waals surface area contributed by atoms with Gasteiger partial charge in [-0.3, -0.25) is 4.79 Å². The van der Waals surface area contributed by atoms with Crippen molar-refractivity contribution in [2.45, 2.75) is 13.1 Å². The van der Waals surface area contributed by atoms with E-state index >= 15 is 0 Å². The van der Waals surface area contributed by atoms with Gasteiger partial charge >= 0.3 is 6.18 Å². The Balaban J connectivity index is 3.02. The highest BCUT2D eigenvalue weighted by molar-refractivity contribution is 9.09. The first-order valence-electron chi connectivity index (χ1n) is 5.47. The molecule has 106 valence electrons. The number of hydrogen-bond acceptors (Lipinski definition) is 2. The Morgan fingerprint density at radius 2 is 2.05 bits per heavy atom. The van der Waals surface area contributed by atoms with Crippen molar-refractivity contribution in [2.24, 2.45) is 0 Å². The zero-order valence-corrected chi connectivity index (χ0v) is 11.8. The number of hydrogen-bond donors (Lipinski definition) is 1. The lowest BCUT2D eigenvalue weighted by atomic mass is 10.1. The third-order valence-corrected chi connectivity index (χ3v) is 2.90.